The maximum atomic E-state index is 12.7. The lowest BCUT2D eigenvalue weighted by Gasteiger charge is -2.31. The molecule has 0 heterocycles. The Balaban J connectivity index is 2.86. The number of aliphatic hydroxyl groups excluding tert-OH is 2. The molecule has 0 spiro atoms. The first-order chi connectivity index (χ1) is 15.5. The van der Waals surface area contributed by atoms with E-state index in [0.717, 1.165) is 7.11 Å². The van der Waals surface area contributed by atoms with E-state index in [4.69, 9.17) is 18.9 Å². The van der Waals surface area contributed by atoms with Gasteiger partial charge in [-0.3, -0.25) is 9.59 Å². The molecule has 0 saturated carbocycles. The van der Waals surface area contributed by atoms with Gasteiger partial charge in [0.05, 0.1) is 39.1 Å². The van der Waals surface area contributed by atoms with Crippen LogP contribution in [0.5, 0.6) is 5.75 Å². The van der Waals surface area contributed by atoms with Gasteiger partial charge in [-0.25, -0.2) is 0 Å². The van der Waals surface area contributed by atoms with Crippen LogP contribution in [0.25, 0.3) is 11.1 Å². The lowest BCUT2D eigenvalue weighted by atomic mass is 9.76. The fraction of sp³-hybridized carbons (Fsp3) is 0.348. The molecule has 32 heavy (non-hydrogen) atoms. The molecule has 0 unspecified atom stereocenters. The molecule has 0 aromatic heterocycles. The Kier molecular flexibility index (Phi) is 9.31. The number of esters is 1. The standard InChI is InChI=1S/C23H25NO8/c1-29-8-9-31-15-32-21-18(16-6-4-3-5-7-16)10-17(12-25)19(11-24)20(21)23(13-26,14-27)22(28)30-2/h3-7,10,12,26-27H,8-9,13-15H2,1-2H3. The quantitative estimate of drug-likeness (QED) is 0.216. The fourth-order valence-electron chi connectivity index (χ4n) is 3.27. The molecule has 0 bridgehead atoms. The fourth-order valence-corrected chi connectivity index (χ4v) is 3.27. The number of hydrogen-bond acceptors (Lipinski definition) is 9. The minimum absolute atomic E-state index is 0.00395. The molecule has 0 saturated heterocycles. The van der Waals surface area contributed by atoms with Gasteiger partial charge in [-0.05, 0) is 11.6 Å². The number of aldehydes is 1. The molecular weight excluding hydrogens is 418 g/mol. The Morgan fingerprint density at radius 2 is 1.84 bits per heavy atom. The van der Waals surface area contributed by atoms with Crippen molar-refractivity contribution in [3.8, 4) is 22.9 Å². The van der Waals surface area contributed by atoms with E-state index in [9.17, 15) is 25.1 Å². The van der Waals surface area contributed by atoms with Crippen LogP contribution in [0.2, 0.25) is 0 Å². The summed E-state index contributed by atoms with van der Waals surface area (Å²) in [7, 11) is 2.60. The van der Waals surface area contributed by atoms with Crippen molar-refractivity contribution in [1.29, 1.82) is 5.26 Å². The third-order valence-electron chi connectivity index (χ3n) is 4.95. The number of methoxy groups -OCH3 is 2. The Morgan fingerprint density at radius 1 is 1.16 bits per heavy atom. The van der Waals surface area contributed by atoms with Gasteiger partial charge in [0, 0.05) is 23.8 Å². The number of rotatable bonds is 12. The molecule has 2 aromatic rings. The molecule has 2 aromatic carbocycles. The first-order valence-corrected chi connectivity index (χ1v) is 9.66. The van der Waals surface area contributed by atoms with Crippen molar-refractivity contribution in [3.05, 3.63) is 53.1 Å². The molecule has 170 valence electrons. The van der Waals surface area contributed by atoms with Crippen LogP contribution in [0.15, 0.2) is 36.4 Å². The van der Waals surface area contributed by atoms with Gasteiger partial charge in [0.2, 0.25) is 0 Å². The predicted octanol–water partition coefficient (Wildman–Crippen LogP) is 1.43. The van der Waals surface area contributed by atoms with Gasteiger partial charge in [-0.1, -0.05) is 30.3 Å². The van der Waals surface area contributed by atoms with Gasteiger partial charge in [0.15, 0.2) is 13.1 Å². The summed E-state index contributed by atoms with van der Waals surface area (Å²) in [5.74, 6) is -0.990. The average molecular weight is 443 g/mol. The normalized spacial score (nSPS) is 11.0. The van der Waals surface area contributed by atoms with Crippen molar-refractivity contribution >= 4 is 12.3 Å². The van der Waals surface area contributed by atoms with Gasteiger partial charge in [0.1, 0.15) is 17.2 Å². The van der Waals surface area contributed by atoms with E-state index >= 15 is 0 Å². The number of nitrogens with zero attached hydrogens (tertiary/aromatic N) is 1. The number of aliphatic hydroxyl groups is 2. The van der Waals surface area contributed by atoms with Gasteiger partial charge in [0.25, 0.3) is 0 Å². The van der Waals surface area contributed by atoms with E-state index in [2.05, 4.69) is 0 Å². The number of benzene rings is 2. The highest BCUT2D eigenvalue weighted by Gasteiger charge is 2.46. The molecule has 2 N–H and O–H groups in total. The van der Waals surface area contributed by atoms with Gasteiger partial charge < -0.3 is 29.2 Å². The maximum Gasteiger partial charge on any atom is 0.321 e. The summed E-state index contributed by atoms with van der Waals surface area (Å²) in [6.45, 7) is -1.55. The van der Waals surface area contributed by atoms with E-state index < -0.39 is 24.6 Å². The number of ether oxygens (including phenoxy) is 4. The first kappa shape index (κ1) is 25.0. The largest absolute Gasteiger partial charge is 0.468 e. The van der Waals surface area contributed by atoms with Crippen LogP contribution in [0.3, 0.4) is 0 Å². The lowest BCUT2D eigenvalue weighted by Crippen LogP contribution is -2.45. The highest BCUT2D eigenvalue weighted by Crippen LogP contribution is 2.43. The summed E-state index contributed by atoms with van der Waals surface area (Å²) in [6, 6.07) is 12.2. The summed E-state index contributed by atoms with van der Waals surface area (Å²) in [5, 5.41) is 30.2. The summed E-state index contributed by atoms with van der Waals surface area (Å²) >= 11 is 0. The van der Waals surface area contributed by atoms with Crippen LogP contribution in [-0.2, 0) is 24.4 Å². The van der Waals surface area contributed by atoms with Gasteiger partial charge in [-0.2, -0.15) is 5.26 Å². The van der Waals surface area contributed by atoms with Crippen molar-refractivity contribution in [2.24, 2.45) is 0 Å². The van der Waals surface area contributed by atoms with Crippen LogP contribution in [0, 0.1) is 11.3 Å². The molecule has 0 fully saturated rings. The van der Waals surface area contributed by atoms with Crippen LogP contribution in [-0.4, -0.2) is 69.9 Å². The second-order valence-electron chi connectivity index (χ2n) is 6.74. The SMILES string of the molecule is COCCOCOc1c(-c2ccccc2)cc(C=O)c(C#N)c1C(CO)(CO)C(=O)OC. The van der Waals surface area contributed by atoms with Crippen LogP contribution >= 0.6 is 0 Å². The summed E-state index contributed by atoms with van der Waals surface area (Å²) in [4.78, 5) is 24.6. The Bertz CT molecular complexity index is 964. The minimum Gasteiger partial charge on any atom is -0.468 e. The highest BCUT2D eigenvalue weighted by atomic mass is 16.7. The third kappa shape index (κ3) is 4.95. The van der Waals surface area contributed by atoms with E-state index in [1.54, 1.807) is 30.3 Å². The number of nitriles is 1. The van der Waals surface area contributed by atoms with Crippen molar-refractivity contribution in [1.82, 2.24) is 0 Å². The molecule has 9 heteroatoms. The molecule has 0 amide bonds. The topological polar surface area (TPSA) is 135 Å². The zero-order chi connectivity index (χ0) is 23.6. The third-order valence-corrected chi connectivity index (χ3v) is 4.95. The Labute approximate surface area is 185 Å². The molecule has 0 atom stereocenters. The number of hydrogen-bond donors (Lipinski definition) is 2. The van der Waals surface area contributed by atoms with Crippen LogP contribution in [0.4, 0.5) is 0 Å². The molecule has 2 rings (SSSR count). The minimum atomic E-state index is -2.07. The van der Waals surface area contributed by atoms with Crippen molar-refractivity contribution in [3.63, 3.8) is 0 Å². The molecular formula is C23H25NO8. The molecule has 9 nitrogen and oxygen atoms in total. The molecule has 0 aliphatic carbocycles. The monoisotopic (exact) mass is 443 g/mol. The number of carbonyl (C=O) groups is 2. The van der Waals surface area contributed by atoms with Crippen molar-refractivity contribution < 1.29 is 38.7 Å². The second-order valence-corrected chi connectivity index (χ2v) is 6.74. The lowest BCUT2D eigenvalue weighted by molar-refractivity contribution is -0.151. The zero-order valence-corrected chi connectivity index (χ0v) is 17.9. The van der Waals surface area contributed by atoms with E-state index in [1.807, 2.05) is 6.07 Å². The first-order valence-electron chi connectivity index (χ1n) is 9.66. The summed E-state index contributed by atoms with van der Waals surface area (Å²) < 4.78 is 21.0. The summed E-state index contributed by atoms with van der Waals surface area (Å²) in [6.07, 6.45) is 0.462. The summed E-state index contributed by atoms with van der Waals surface area (Å²) in [5.41, 5.74) is -1.50. The van der Waals surface area contributed by atoms with Crippen molar-refractivity contribution in [2.45, 2.75) is 5.41 Å². The van der Waals surface area contributed by atoms with E-state index in [1.165, 1.54) is 13.2 Å². The Morgan fingerprint density at radius 3 is 2.38 bits per heavy atom. The smallest absolute Gasteiger partial charge is 0.321 e. The zero-order valence-electron chi connectivity index (χ0n) is 17.9. The maximum absolute atomic E-state index is 12.7. The molecule has 0 aliphatic rings. The van der Waals surface area contributed by atoms with E-state index in [-0.39, 0.29) is 35.8 Å². The van der Waals surface area contributed by atoms with Crippen LogP contribution in [0.1, 0.15) is 21.5 Å². The molecule has 0 aliphatic heterocycles. The average Bonchev–Trinajstić information content (AvgIpc) is 2.85. The predicted molar refractivity (Wildman–Crippen MR) is 113 cm³/mol. The van der Waals surface area contributed by atoms with Crippen molar-refractivity contribution in [2.75, 3.05) is 47.4 Å². The second kappa shape index (κ2) is 11.9. The number of carbonyl (C=O) groups excluding carboxylic acids is 2. The highest BCUT2D eigenvalue weighted by molar-refractivity contribution is 5.93. The Hall–Kier alpha value is -3.29. The van der Waals surface area contributed by atoms with Gasteiger partial charge >= 0.3 is 5.97 Å². The molecule has 0 radical (unpaired) electrons. The van der Waals surface area contributed by atoms with E-state index in [0.29, 0.717) is 24.0 Å². The van der Waals surface area contributed by atoms with Crippen LogP contribution < -0.4 is 4.74 Å². The van der Waals surface area contributed by atoms with Gasteiger partial charge in [-0.15, -0.1) is 0 Å².